The van der Waals surface area contributed by atoms with E-state index in [1.54, 1.807) is 6.07 Å². The Kier molecular flexibility index (Phi) is 5.12. The molecular formula is C17H19FN2O2. The van der Waals surface area contributed by atoms with E-state index in [1.165, 1.54) is 18.2 Å². The van der Waals surface area contributed by atoms with Crippen molar-refractivity contribution in [1.29, 1.82) is 0 Å². The molecule has 1 atom stereocenters. The summed E-state index contributed by atoms with van der Waals surface area (Å²) in [6, 6.07) is 12.6. The summed E-state index contributed by atoms with van der Waals surface area (Å²) in [4.78, 5) is 13.4. The van der Waals surface area contributed by atoms with Gasteiger partial charge in [0.25, 0.3) is 0 Å². The number of carboxylic acid groups (broad SMARTS) is 1. The van der Waals surface area contributed by atoms with E-state index in [1.807, 2.05) is 43.3 Å². The lowest BCUT2D eigenvalue weighted by Gasteiger charge is -2.16. The fourth-order valence-corrected chi connectivity index (χ4v) is 2.17. The zero-order chi connectivity index (χ0) is 16.1. The molecule has 2 aromatic rings. The zero-order valence-electron chi connectivity index (χ0n) is 12.6. The van der Waals surface area contributed by atoms with Gasteiger partial charge in [-0.05, 0) is 23.8 Å². The summed E-state index contributed by atoms with van der Waals surface area (Å²) in [5.41, 5.74) is 2.14. The highest BCUT2D eigenvalue weighted by molar-refractivity contribution is 5.75. The normalized spacial score (nSPS) is 12.0. The molecule has 0 aliphatic rings. The number of hydrogen-bond acceptors (Lipinski definition) is 3. The smallest absolute Gasteiger partial charge is 0.325 e. The second-order valence-electron chi connectivity index (χ2n) is 5.23. The summed E-state index contributed by atoms with van der Waals surface area (Å²) in [6.45, 7) is 0.346. The van der Waals surface area contributed by atoms with Gasteiger partial charge in [-0.3, -0.25) is 10.1 Å². The van der Waals surface area contributed by atoms with Crippen molar-refractivity contribution in [2.45, 2.75) is 12.6 Å². The molecule has 2 aromatic carbocycles. The minimum atomic E-state index is -1.10. The fraction of sp³-hybridized carbons (Fsp3) is 0.235. The van der Waals surface area contributed by atoms with Crippen LogP contribution in [0.5, 0.6) is 0 Å². The van der Waals surface area contributed by atoms with Crippen molar-refractivity contribution in [2.24, 2.45) is 0 Å². The van der Waals surface area contributed by atoms with Gasteiger partial charge < -0.3 is 10.0 Å². The van der Waals surface area contributed by atoms with Gasteiger partial charge in [0, 0.05) is 31.9 Å². The van der Waals surface area contributed by atoms with E-state index in [0.29, 0.717) is 6.54 Å². The summed E-state index contributed by atoms with van der Waals surface area (Å²) in [5.74, 6) is -1.62. The maximum atomic E-state index is 13.8. The number of halogens is 1. The van der Waals surface area contributed by atoms with Crippen molar-refractivity contribution in [1.82, 2.24) is 5.32 Å². The van der Waals surface area contributed by atoms with Crippen LogP contribution in [0, 0.1) is 5.82 Å². The van der Waals surface area contributed by atoms with Gasteiger partial charge in [-0.1, -0.05) is 30.3 Å². The average Bonchev–Trinajstić information content (AvgIpc) is 2.49. The van der Waals surface area contributed by atoms with Crippen LogP contribution in [-0.2, 0) is 11.3 Å². The first-order chi connectivity index (χ1) is 10.5. The Balaban J connectivity index is 2.10. The Morgan fingerprint density at radius 1 is 1.18 bits per heavy atom. The van der Waals surface area contributed by atoms with Crippen LogP contribution in [0.2, 0.25) is 0 Å². The molecular weight excluding hydrogens is 283 g/mol. The molecule has 4 nitrogen and oxygen atoms in total. The van der Waals surface area contributed by atoms with Gasteiger partial charge in [-0.15, -0.1) is 0 Å². The molecule has 0 saturated heterocycles. The van der Waals surface area contributed by atoms with E-state index in [-0.39, 0.29) is 5.56 Å². The molecule has 1 unspecified atom stereocenters. The van der Waals surface area contributed by atoms with Gasteiger partial charge >= 0.3 is 5.97 Å². The SMILES string of the molecule is CN(C)c1ccc(CNC(C(=O)O)c2ccccc2F)cc1. The Hall–Kier alpha value is -2.40. The molecule has 0 aromatic heterocycles. The van der Waals surface area contributed by atoms with Crippen molar-refractivity contribution in [2.75, 3.05) is 19.0 Å². The summed E-state index contributed by atoms with van der Waals surface area (Å²) >= 11 is 0. The minimum Gasteiger partial charge on any atom is -0.480 e. The van der Waals surface area contributed by atoms with Gasteiger partial charge in [-0.2, -0.15) is 0 Å². The van der Waals surface area contributed by atoms with Crippen LogP contribution in [0.1, 0.15) is 17.2 Å². The zero-order valence-corrected chi connectivity index (χ0v) is 12.6. The Bertz CT molecular complexity index is 641. The molecule has 0 spiro atoms. The highest BCUT2D eigenvalue weighted by atomic mass is 19.1. The number of rotatable bonds is 6. The monoisotopic (exact) mass is 302 g/mol. The number of carbonyl (C=O) groups is 1. The van der Waals surface area contributed by atoms with E-state index < -0.39 is 17.8 Å². The Morgan fingerprint density at radius 2 is 1.82 bits per heavy atom. The van der Waals surface area contributed by atoms with Crippen molar-refractivity contribution in [3.8, 4) is 0 Å². The quantitative estimate of drug-likeness (QED) is 0.861. The number of nitrogens with zero attached hydrogens (tertiary/aromatic N) is 1. The Labute approximate surface area is 129 Å². The topological polar surface area (TPSA) is 52.6 Å². The van der Waals surface area contributed by atoms with Crippen LogP contribution in [-0.4, -0.2) is 25.2 Å². The number of nitrogens with one attached hydrogen (secondary N) is 1. The number of anilines is 1. The van der Waals surface area contributed by atoms with Crippen LogP contribution < -0.4 is 10.2 Å². The number of hydrogen-bond donors (Lipinski definition) is 2. The molecule has 0 radical (unpaired) electrons. The van der Waals surface area contributed by atoms with Gasteiger partial charge in [0.15, 0.2) is 0 Å². The molecule has 2 rings (SSSR count). The third-order valence-electron chi connectivity index (χ3n) is 3.43. The predicted molar refractivity (Wildman–Crippen MR) is 84.4 cm³/mol. The van der Waals surface area contributed by atoms with Crippen molar-refractivity contribution in [3.05, 3.63) is 65.5 Å². The maximum Gasteiger partial charge on any atom is 0.325 e. The lowest BCUT2D eigenvalue weighted by atomic mass is 10.1. The van der Waals surface area contributed by atoms with Gasteiger partial charge in [0.05, 0.1) is 0 Å². The molecule has 2 N–H and O–H groups in total. The number of aliphatic carboxylic acids is 1. The van der Waals surface area contributed by atoms with Crippen LogP contribution in [0.3, 0.4) is 0 Å². The minimum absolute atomic E-state index is 0.139. The van der Waals surface area contributed by atoms with Gasteiger partial charge in [-0.25, -0.2) is 4.39 Å². The van der Waals surface area contributed by atoms with Gasteiger partial charge in [0.2, 0.25) is 0 Å². The third kappa shape index (κ3) is 3.83. The summed E-state index contributed by atoms with van der Waals surface area (Å²) in [5, 5.41) is 12.2. The molecule has 0 amide bonds. The van der Waals surface area contributed by atoms with Crippen molar-refractivity contribution < 1.29 is 14.3 Å². The highest BCUT2D eigenvalue weighted by Crippen LogP contribution is 2.18. The second kappa shape index (κ2) is 7.04. The highest BCUT2D eigenvalue weighted by Gasteiger charge is 2.22. The van der Waals surface area contributed by atoms with E-state index >= 15 is 0 Å². The first-order valence-corrected chi connectivity index (χ1v) is 6.96. The summed E-state index contributed by atoms with van der Waals surface area (Å²) in [7, 11) is 3.90. The molecule has 0 fully saturated rings. The number of carboxylic acids is 1. The molecule has 0 aliphatic carbocycles. The number of benzene rings is 2. The fourth-order valence-electron chi connectivity index (χ4n) is 2.17. The molecule has 0 saturated carbocycles. The third-order valence-corrected chi connectivity index (χ3v) is 3.43. The van der Waals surface area contributed by atoms with E-state index in [0.717, 1.165) is 11.3 Å². The predicted octanol–water partition coefficient (Wildman–Crippen LogP) is 2.81. The average molecular weight is 302 g/mol. The molecule has 5 heteroatoms. The molecule has 0 aliphatic heterocycles. The van der Waals surface area contributed by atoms with Crippen LogP contribution >= 0.6 is 0 Å². The van der Waals surface area contributed by atoms with E-state index in [2.05, 4.69) is 5.32 Å². The van der Waals surface area contributed by atoms with E-state index in [4.69, 9.17) is 0 Å². The van der Waals surface area contributed by atoms with Crippen LogP contribution in [0.25, 0.3) is 0 Å². The lowest BCUT2D eigenvalue weighted by molar-refractivity contribution is -0.139. The van der Waals surface area contributed by atoms with Crippen LogP contribution in [0.15, 0.2) is 48.5 Å². The van der Waals surface area contributed by atoms with Crippen molar-refractivity contribution in [3.63, 3.8) is 0 Å². The lowest BCUT2D eigenvalue weighted by Crippen LogP contribution is -2.28. The van der Waals surface area contributed by atoms with E-state index in [9.17, 15) is 14.3 Å². The molecule has 0 heterocycles. The van der Waals surface area contributed by atoms with Crippen molar-refractivity contribution >= 4 is 11.7 Å². The summed E-state index contributed by atoms with van der Waals surface area (Å²) < 4.78 is 13.8. The van der Waals surface area contributed by atoms with Crippen LogP contribution in [0.4, 0.5) is 10.1 Å². The Morgan fingerprint density at radius 3 is 2.36 bits per heavy atom. The molecule has 22 heavy (non-hydrogen) atoms. The molecule has 116 valence electrons. The molecule has 0 bridgehead atoms. The second-order valence-corrected chi connectivity index (χ2v) is 5.23. The summed E-state index contributed by atoms with van der Waals surface area (Å²) in [6.07, 6.45) is 0. The maximum absolute atomic E-state index is 13.8. The first-order valence-electron chi connectivity index (χ1n) is 6.96. The standard InChI is InChI=1S/C17H19FN2O2/c1-20(2)13-9-7-12(8-10-13)11-19-16(17(21)22)14-5-3-4-6-15(14)18/h3-10,16,19H,11H2,1-2H3,(H,21,22). The first kappa shape index (κ1) is 16.0. The largest absolute Gasteiger partial charge is 0.480 e. The van der Waals surface area contributed by atoms with Gasteiger partial charge in [0.1, 0.15) is 11.9 Å².